The first-order valence-corrected chi connectivity index (χ1v) is 11.2. The summed E-state index contributed by atoms with van der Waals surface area (Å²) in [5.74, 6) is -0.0719. The van der Waals surface area contributed by atoms with Gasteiger partial charge in [-0.25, -0.2) is 0 Å². The van der Waals surface area contributed by atoms with Gasteiger partial charge in [-0.1, -0.05) is 58.3 Å². The van der Waals surface area contributed by atoms with Crippen molar-refractivity contribution in [2.24, 2.45) is 0 Å². The minimum atomic E-state index is -0.0719. The van der Waals surface area contributed by atoms with E-state index in [-0.39, 0.29) is 5.97 Å². The van der Waals surface area contributed by atoms with Crippen molar-refractivity contribution in [2.75, 3.05) is 46.0 Å². The lowest BCUT2D eigenvalue weighted by molar-refractivity contribution is -0.923. The number of hydrogen-bond donors (Lipinski definition) is 0. The monoisotopic (exact) mass is 372 g/mol. The van der Waals surface area contributed by atoms with Crippen LogP contribution in [0.15, 0.2) is 0 Å². The minimum Gasteiger partial charge on any atom is -0.463 e. The van der Waals surface area contributed by atoms with E-state index in [1.807, 2.05) is 0 Å². The van der Waals surface area contributed by atoms with Crippen molar-refractivity contribution in [1.82, 2.24) is 0 Å². The Balaban J connectivity index is 3.42. The van der Waals surface area contributed by atoms with Crippen LogP contribution in [0.4, 0.5) is 0 Å². The zero-order valence-electron chi connectivity index (χ0n) is 18.2. The molecule has 0 fully saturated rings. The van der Waals surface area contributed by atoms with Gasteiger partial charge in [0.05, 0.1) is 32.8 Å². The van der Waals surface area contributed by atoms with E-state index in [1.165, 1.54) is 44.9 Å². The first-order valence-electron chi connectivity index (χ1n) is 11.2. The molecule has 0 saturated heterocycles. The van der Waals surface area contributed by atoms with Gasteiger partial charge in [-0.05, 0) is 27.2 Å². The summed E-state index contributed by atoms with van der Waals surface area (Å²) in [5.41, 5.74) is 0. The Bertz CT molecular complexity index is 308. The second kappa shape index (κ2) is 17.8. The molecule has 0 N–H and O–H groups in total. The average molecular weight is 373 g/mol. The largest absolute Gasteiger partial charge is 0.463 e. The Hall–Kier alpha value is -0.610. The molecule has 0 aliphatic heterocycles. The fourth-order valence-corrected chi connectivity index (χ4v) is 3.37. The highest BCUT2D eigenvalue weighted by atomic mass is 16.6. The molecule has 0 radical (unpaired) electrons. The minimum absolute atomic E-state index is 0.0719. The molecule has 4 nitrogen and oxygen atoms in total. The number of esters is 1. The van der Waals surface area contributed by atoms with Gasteiger partial charge in [-0.3, -0.25) is 4.79 Å². The molecular formula is C22H46NO3+. The molecule has 0 heterocycles. The summed E-state index contributed by atoms with van der Waals surface area (Å²) >= 11 is 0. The lowest BCUT2D eigenvalue weighted by atomic mass is 10.1. The fraction of sp³-hybridized carbons (Fsp3) is 0.955. The highest BCUT2D eigenvalue weighted by Crippen LogP contribution is 2.10. The van der Waals surface area contributed by atoms with Gasteiger partial charge in [0.15, 0.2) is 0 Å². The molecule has 0 saturated carbocycles. The van der Waals surface area contributed by atoms with Gasteiger partial charge in [0, 0.05) is 6.42 Å². The normalized spacial score (nSPS) is 11.7. The molecule has 0 aromatic carbocycles. The van der Waals surface area contributed by atoms with Crippen LogP contribution in [0.2, 0.25) is 0 Å². The van der Waals surface area contributed by atoms with E-state index >= 15 is 0 Å². The molecule has 0 atom stereocenters. The molecule has 156 valence electrons. The molecule has 0 aliphatic carbocycles. The molecule has 0 amide bonds. The van der Waals surface area contributed by atoms with Gasteiger partial charge in [-0.2, -0.15) is 0 Å². The number of quaternary nitrogens is 1. The van der Waals surface area contributed by atoms with Crippen molar-refractivity contribution < 1.29 is 18.8 Å². The number of hydrogen-bond acceptors (Lipinski definition) is 3. The van der Waals surface area contributed by atoms with Crippen LogP contribution in [0.5, 0.6) is 0 Å². The maximum Gasteiger partial charge on any atom is 0.305 e. The van der Waals surface area contributed by atoms with Crippen molar-refractivity contribution in [1.29, 1.82) is 0 Å². The molecule has 0 spiro atoms. The summed E-state index contributed by atoms with van der Waals surface area (Å²) in [6.45, 7) is 15.1. The Morgan fingerprint density at radius 2 is 1.23 bits per heavy atom. The lowest BCUT2D eigenvalue weighted by Gasteiger charge is -2.35. The topological polar surface area (TPSA) is 35.5 Å². The average Bonchev–Trinajstić information content (AvgIpc) is 2.67. The van der Waals surface area contributed by atoms with Crippen molar-refractivity contribution >= 4 is 5.97 Å². The number of carbonyl (C=O) groups is 1. The molecule has 0 aliphatic rings. The molecule has 0 aromatic heterocycles. The number of carbonyl (C=O) groups excluding carboxylic acids is 1. The second-order valence-electron chi connectivity index (χ2n) is 7.43. The third kappa shape index (κ3) is 13.6. The predicted molar refractivity (Wildman–Crippen MR) is 110 cm³/mol. The van der Waals surface area contributed by atoms with E-state index in [1.54, 1.807) is 0 Å². The fourth-order valence-electron chi connectivity index (χ4n) is 3.37. The van der Waals surface area contributed by atoms with E-state index in [9.17, 15) is 4.79 Å². The van der Waals surface area contributed by atoms with Crippen LogP contribution in [0, 0.1) is 0 Å². The Labute approximate surface area is 163 Å². The Morgan fingerprint density at radius 1 is 0.692 bits per heavy atom. The van der Waals surface area contributed by atoms with Gasteiger partial charge in [0.2, 0.25) is 0 Å². The zero-order chi connectivity index (χ0) is 19.5. The van der Waals surface area contributed by atoms with Crippen molar-refractivity contribution in [3.8, 4) is 0 Å². The Morgan fingerprint density at radius 3 is 1.77 bits per heavy atom. The summed E-state index contributed by atoms with van der Waals surface area (Å²) in [4.78, 5) is 11.7. The predicted octanol–water partition coefficient (Wildman–Crippen LogP) is 5.34. The van der Waals surface area contributed by atoms with Crippen LogP contribution in [-0.4, -0.2) is 56.5 Å². The van der Waals surface area contributed by atoms with Crippen LogP contribution < -0.4 is 0 Å². The highest BCUT2D eigenvalue weighted by molar-refractivity contribution is 5.69. The lowest BCUT2D eigenvalue weighted by Crippen LogP contribution is -2.49. The number of unbranched alkanes of at least 4 members (excludes halogenated alkanes) is 8. The number of rotatable bonds is 19. The first kappa shape index (κ1) is 25.4. The Kier molecular flexibility index (Phi) is 17.4. The summed E-state index contributed by atoms with van der Waals surface area (Å²) in [5, 5.41) is 0. The second-order valence-corrected chi connectivity index (χ2v) is 7.43. The molecule has 0 bridgehead atoms. The zero-order valence-corrected chi connectivity index (χ0v) is 18.2. The summed E-state index contributed by atoms with van der Waals surface area (Å²) in [6, 6.07) is 0. The standard InChI is InChI=1S/C22H46NO3/c1-5-9-10-11-12-13-14-15-16-17-22(24)26-21-20-25-19-18-23(6-2,7-3)8-4/h5-21H2,1-4H3/q+1. The molecule has 0 aromatic rings. The van der Waals surface area contributed by atoms with Crippen LogP contribution in [0.1, 0.15) is 91.9 Å². The van der Waals surface area contributed by atoms with E-state index < -0.39 is 0 Å². The SMILES string of the molecule is CCCCCCCCCCCC(=O)OCCOCC[N+](CC)(CC)CC. The molecule has 0 rings (SSSR count). The van der Waals surface area contributed by atoms with Gasteiger partial charge in [0.25, 0.3) is 0 Å². The van der Waals surface area contributed by atoms with Crippen LogP contribution in [0.3, 0.4) is 0 Å². The molecular weight excluding hydrogens is 326 g/mol. The number of ether oxygens (including phenoxy) is 2. The molecule has 26 heavy (non-hydrogen) atoms. The quantitative estimate of drug-likeness (QED) is 0.174. The molecule has 4 heteroatoms. The van der Waals surface area contributed by atoms with E-state index in [2.05, 4.69) is 27.7 Å². The van der Waals surface area contributed by atoms with E-state index in [0.29, 0.717) is 19.6 Å². The number of nitrogens with zero attached hydrogens (tertiary/aromatic N) is 1. The van der Waals surface area contributed by atoms with Crippen LogP contribution in [-0.2, 0) is 14.3 Å². The summed E-state index contributed by atoms with van der Waals surface area (Å²) in [6.07, 6.45) is 12.0. The molecule has 0 unspecified atom stereocenters. The maximum atomic E-state index is 11.7. The van der Waals surface area contributed by atoms with Crippen LogP contribution in [0.25, 0.3) is 0 Å². The summed E-state index contributed by atoms with van der Waals surface area (Å²) < 4.78 is 12.0. The maximum absolute atomic E-state index is 11.7. The smallest absolute Gasteiger partial charge is 0.305 e. The highest BCUT2D eigenvalue weighted by Gasteiger charge is 2.19. The van der Waals surface area contributed by atoms with Crippen LogP contribution >= 0.6 is 0 Å². The van der Waals surface area contributed by atoms with Gasteiger partial charge < -0.3 is 14.0 Å². The third-order valence-corrected chi connectivity index (χ3v) is 5.70. The van der Waals surface area contributed by atoms with E-state index in [4.69, 9.17) is 9.47 Å². The van der Waals surface area contributed by atoms with Gasteiger partial charge in [0.1, 0.15) is 13.2 Å². The summed E-state index contributed by atoms with van der Waals surface area (Å²) in [7, 11) is 0. The van der Waals surface area contributed by atoms with E-state index in [0.717, 1.165) is 50.1 Å². The van der Waals surface area contributed by atoms with Crippen molar-refractivity contribution in [3.63, 3.8) is 0 Å². The number of likely N-dealkylation sites (N-methyl/N-ethyl adjacent to an activating group) is 1. The van der Waals surface area contributed by atoms with Gasteiger partial charge >= 0.3 is 5.97 Å². The van der Waals surface area contributed by atoms with Crippen molar-refractivity contribution in [3.05, 3.63) is 0 Å². The van der Waals surface area contributed by atoms with Crippen molar-refractivity contribution in [2.45, 2.75) is 91.9 Å². The van der Waals surface area contributed by atoms with Gasteiger partial charge in [-0.15, -0.1) is 0 Å². The first-order chi connectivity index (χ1) is 12.6. The third-order valence-electron chi connectivity index (χ3n) is 5.70.